The Morgan fingerprint density at radius 2 is 2.00 bits per heavy atom. The van der Waals surface area contributed by atoms with Gasteiger partial charge in [0.1, 0.15) is 6.29 Å². The van der Waals surface area contributed by atoms with Crippen LogP contribution in [0.4, 0.5) is 8.78 Å². The van der Waals surface area contributed by atoms with Crippen molar-refractivity contribution >= 4 is 6.29 Å². The van der Waals surface area contributed by atoms with Crippen LogP contribution in [0.25, 0.3) is 0 Å². The van der Waals surface area contributed by atoms with Crippen molar-refractivity contribution in [3.05, 3.63) is 0 Å². The zero-order chi connectivity index (χ0) is 11.4. The first kappa shape index (κ1) is 15.9. The Hall–Kier alpha value is -0.510. The lowest BCUT2D eigenvalue weighted by Gasteiger charge is -2.07. The molecule has 0 unspecified atom stereocenters. The number of methoxy groups -OCH3 is 1. The Kier molecular flexibility index (Phi) is 12.0. The van der Waals surface area contributed by atoms with Crippen LogP contribution in [-0.2, 0) is 9.53 Å². The number of halogens is 2. The predicted molar refractivity (Wildman–Crippen MR) is 52.7 cm³/mol. The van der Waals surface area contributed by atoms with Crippen molar-refractivity contribution < 1.29 is 18.3 Å². The number of carbonyl (C=O) groups is 1. The van der Waals surface area contributed by atoms with Gasteiger partial charge in [-0.1, -0.05) is 13.3 Å². The van der Waals surface area contributed by atoms with Gasteiger partial charge in [0, 0.05) is 20.0 Å². The number of rotatable bonds is 6. The summed E-state index contributed by atoms with van der Waals surface area (Å²) >= 11 is 0. The molecule has 86 valence electrons. The van der Waals surface area contributed by atoms with Crippen LogP contribution in [0.3, 0.4) is 0 Å². The van der Waals surface area contributed by atoms with E-state index in [1.54, 1.807) is 0 Å². The van der Waals surface area contributed by atoms with Crippen molar-refractivity contribution in [1.82, 2.24) is 0 Å². The van der Waals surface area contributed by atoms with Crippen LogP contribution in [-0.4, -0.2) is 25.9 Å². The van der Waals surface area contributed by atoms with Crippen molar-refractivity contribution in [1.29, 1.82) is 0 Å². The molecule has 0 bridgehead atoms. The van der Waals surface area contributed by atoms with Gasteiger partial charge in [-0.15, -0.1) is 0 Å². The van der Waals surface area contributed by atoms with Gasteiger partial charge in [-0.05, 0) is 13.3 Å². The average molecular weight is 210 g/mol. The van der Waals surface area contributed by atoms with Crippen LogP contribution in [0, 0.1) is 0 Å². The van der Waals surface area contributed by atoms with E-state index >= 15 is 0 Å². The Balaban J connectivity index is 0. The van der Waals surface area contributed by atoms with E-state index in [-0.39, 0.29) is 13.0 Å². The van der Waals surface area contributed by atoms with E-state index in [0.29, 0.717) is 0 Å². The van der Waals surface area contributed by atoms with Crippen LogP contribution < -0.4 is 0 Å². The van der Waals surface area contributed by atoms with Gasteiger partial charge in [0.15, 0.2) is 0 Å². The van der Waals surface area contributed by atoms with E-state index in [1.165, 1.54) is 7.11 Å². The molecule has 0 saturated carbocycles. The molecule has 0 heterocycles. The second-order valence-electron chi connectivity index (χ2n) is 3.12. The van der Waals surface area contributed by atoms with Crippen LogP contribution in [0.5, 0.6) is 0 Å². The summed E-state index contributed by atoms with van der Waals surface area (Å²) in [4.78, 5) is 9.56. The number of carbonyl (C=O) groups excluding carboxylic acids is 1. The minimum Gasteiger partial charge on any atom is -0.384 e. The molecule has 0 saturated heterocycles. The highest BCUT2D eigenvalue weighted by Gasteiger charge is 2.19. The van der Waals surface area contributed by atoms with Gasteiger partial charge in [0.25, 0.3) is 0 Å². The van der Waals surface area contributed by atoms with E-state index in [1.807, 2.05) is 0 Å². The molecule has 0 aliphatic heterocycles. The van der Waals surface area contributed by atoms with Crippen LogP contribution in [0.15, 0.2) is 0 Å². The lowest BCUT2D eigenvalue weighted by Crippen LogP contribution is -2.12. The van der Waals surface area contributed by atoms with Crippen LogP contribution >= 0.6 is 0 Å². The summed E-state index contributed by atoms with van der Waals surface area (Å²) < 4.78 is 28.1. The minimum absolute atomic E-state index is 0.128. The fourth-order valence-corrected chi connectivity index (χ4v) is 0.569. The normalized spacial score (nSPS) is 10.4. The van der Waals surface area contributed by atoms with Gasteiger partial charge in [-0.25, -0.2) is 8.78 Å². The molecule has 0 rings (SSSR count). The quantitative estimate of drug-likeness (QED) is 0.497. The lowest BCUT2D eigenvalue weighted by atomic mass is 10.3. The largest absolute Gasteiger partial charge is 0.384 e. The fourth-order valence-electron chi connectivity index (χ4n) is 0.569. The van der Waals surface area contributed by atoms with Gasteiger partial charge >= 0.3 is 0 Å². The molecule has 0 spiro atoms. The summed E-state index contributed by atoms with van der Waals surface area (Å²) in [6.07, 6.45) is 3.67. The molecule has 0 aliphatic rings. The van der Waals surface area contributed by atoms with Gasteiger partial charge in [-0.3, -0.25) is 0 Å². The van der Waals surface area contributed by atoms with Gasteiger partial charge in [0.05, 0.1) is 6.61 Å². The van der Waals surface area contributed by atoms with Crippen molar-refractivity contribution in [2.75, 3.05) is 13.7 Å². The first-order valence-corrected chi connectivity index (χ1v) is 4.78. The number of aldehydes is 1. The van der Waals surface area contributed by atoms with E-state index in [9.17, 15) is 13.6 Å². The standard InChI is InChI=1S/C5H10F2O.C5H10O/c1-5(6,7)3-4-8-2;1-2-3-4-5-6/h3-4H2,1-2H3;5H,2-4H2,1H3. The molecule has 4 heteroatoms. The maximum absolute atomic E-state index is 11.8. The predicted octanol–water partition coefficient (Wildman–Crippen LogP) is 3.05. The molecule has 0 amide bonds. The SMILES string of the molecule is CCCCC=O.COCCC(C)(F)F. The monoisotopic (exact) mass is 210 g/mol. The third kappa shape index (κ3) is 22.5. The summed E-state index contributed by atoms with van der Waals surface area (Å²) in [7, 11) is 1.41. The van der Waals surface area contributed by atoms with Gasteiger partial charge < -0.3 is 9.53 Å². The topological polar surface area (TPSA) is 26.3 Å². The van der Waals surface area contributed by atoms with Crippen molar-refractivity contribution in [2.24, 2.45) is 0 Å². The maximum Gasteiger partial charge on any atom is 0.247 e. The van der Waals surface area contributed by atoms with Crippen molar-refractivity contribution in [3.63, 3.8) is 0 Å². The lowest BCUT2D eigenvalue weighted by molar-refractivity contribution is -0.107. The average Bonchev–Trinajstić information content (AvgIpc) is 2.11. The molecular formula is C10H20F2O2. The maximum atomic E-state index is 11.8. The van der Waals surface area contributed by atoms with E-state index in [0.717, 1.165) is 32.5 Å². The summed E-state index contributed by atoms with van der Waals surface area (Å²) in [5.74, 6) is -2.57. The highest BCUT2D eigenvalue weighted by Crippen LogP contribution is 2.15. The Morgan fingerprint density at radius 3 is 2.14 bits per heavy atom. The highest BCUT2D eigenvalue weighted by molar-refractivity contribution is 5.48. The number of hydrogen-bond acceptors (Lipinski definition) is 2. The number of alkyl halides is 2. The zero-order valence-corrected chi connectivity index (χ0v) is 9.19. The molecule has 0 aromatic rings. The molecular weight excluding hydrogens is 190 g/mol. The molecule has 0 radical (unpaired) electrons. The van der Waals surface area contributed by atoms with Crippen LogP contribution in [0.1, 0.15) is 39.5 Å². The summed E-state index contributed by atoms with van der Waals surface area (Å²) in [5.41, 5.74) is 0. The van der Waals surface area contributed by atoms with Crippen LogP contribution in [0.2, 0.25) is 0 Å². The fraction of sp³-hybridized carbons (Fsp3) is 0.900. The van der Waals surface area contributed by atoms with E-state index < -0.39 is 5.92 Å². The molecule has 0 aliphatic carbocycles. The highest BCUT2D eigenvalue weighted by atomic mass is 19.3. The van der Waals surface area contributed by atoms with Crippen molar-refractivity contribution in [2.45, 2.75) is 45.5 Å². The summed E-state index contributed by atoms with van der Waals surface area (Å²) in [6.45, 7) is 3.08. The number of hydrogen-bond donors (Lipinski definition) is 0. The molecule has 14 heavy (non-hydrogen) atoms. The molecule has 0 atom stereocenters. The molecule has 0 aromatic heterocycles. The first-order chi connectivity index (χ1) is 6.47. The summed E-state index contributed by atoms with van der Waals surface area (Å²) in [5, 5.41) is 0. The third-order valence-corrected chi connectivity index (χ3v) is 1.42. The van der Waals surface area contributed by atoms with Gasteiger partial charge in [0.2, 0.25) is 5.92 Å². The molecule has 0 aromatic carbocycles. The minimum atomic E-state index is -2.57. The number of ether oxygens (including phenoxy) is 1. The summed E-state index contributed by atoms with van der Waals surface area (Å²) in [6, 6.07) is 0. The Morgan fingerprint density at radius 1 is 1.43 bits per heavy atom. The second kappa shape index (κ2) is 10.6. The molecule has 2 nitrogen and oxygen atoms in total. The van der Waals surface area contributed by atoms with E-state index in [4.69, 9.17) is 0 Å². The molecule has 0 N–H and O–H groups in total. The Bertz CT molecular complexity index is 122. The Labute approximate surface area is 84.6 Å². The third-order valence-electron chi connectivity index (χ3n) is 1.42. The first-order valence-electron chi connectivity index (χ1n) is 4.78. The zero-order valence-electron chi connectivity index (χ0n) is 9.19. The number of unbranched alkanes of at least 4 members (excludes halogenated alkanes) is 2. The smallest absolute Gasteiger partial charge is 0.247 e. The van der Waals surface area contributed by atoms with Crippen molar-refractivity contribution in [3.8, 4) is 0 Å². The van der Waals surface area contributed by atoms with E-state index in [2.05, 4.69) is 11.7 Å². The second-order valence-corrected chi connectivity index (χ2v) is 3.12. The molecule has 0 fully saturated rings. The van der Waals surface area contributed by atoms with Gasteiger partial charge in [-0.2, -0.15) is 0 Å².